The van der Waals surface area contributed by atoms with Crippen LogP contribution < -0.4 is 4.74 Å². The normalized spacial score (nSPS) is 10.4. The summed E-state index contributed by atoms with van der Waals surface area (Å²) in [7, 11) is 0. The molecule has 0 bridgehead atoms. The van der Waals surface area contributed by atoms with Gasteiger partial charge < -0.3 is 4.74 Å². The summed E-state index contributed by atoms with van der Waals surface area (Å²) in [5.41, 5.74) is 2.04. The average Bonchev–Trinajstić information content (AvgIpc) is 2.39. The van der Waals surface area contributed by atoms with Gasteiger partial charge in [-0.2, -0.15) is 0 Å². The smallest absolute Gasteiger partial charge is 0.124 e. The van der Waals surface area contributed by atoms with Crippen LogP contribution in [-0.4, -0.2) is 0 Å². The van der Waals surface area contributed by atoms with Crippen molar-refractivity contribution in [2.45, 2.75) is 12.5 Å². The standard InChI is InChI=1S/C14H11BrCl2O/c15-12-3-6-14(11(7-12)8-16)18-9-10-1-4-13(17)5-2-10/h1-7H,8-9H2. The summed E-state index contributed by atoms with van der Waals surface area (Å²) in [5, 5.41) is 0.726. The second-order valence-corrected chi connectivity index (χ2v) is 5.42. The predicted molar refractivity (Wildman–Crippen MR) is 79.5 cm³/mol. The molecule has 0 atom stereocenters. The summed E-state index contributed by atoms with van der Waals surface area (Å²) < 4.78 is 6.76. The molecule has 0 aromatic heterocycles. The second-order valence-electron chi connectivity index (χ2n) is 3.80. The SMILES string of the molecule is ClCc1cc(Br)ccc1OCc1ccc(Cl)cc1. The van der Waals surface area contributed by atoms with Crippen molar-refractivity contribution >= 4 is 39.1 Å². The lowest BCUT2D eigenvalue weighted by molar-refractivity contribution is 0.304. The molecule has 0 aliphatic carbocycles. The van der Waals surface area contributed by atoms with Gasteiger partial charge in [0.1, 0.15) is 12.4 Å². The maximum atomic E-state index is 5.89. The first-order chi connectivity index (χ1) is 8.69. The summed E-state index contributed by atoms with van der Waals surface area (Å²) in [6.07, 6.45) is 0. The Morgan fingerprint density at radius 1 is 1.06 bits per heavy atom. The molecule has 2 rings (SSSR count). The highest BCUT2D eigenvalue weighted by Crippen LogP contribution is 2.25. The van der Waals surface area contributed by atoms with Gasteiger partial charge in [-0.05, 0) is 35.9 Å². The molecule has 0 unspecified atom stereocenters. The van der Waals surface area contributed by atoms with Crippen molar-refractivity contribution in [3.63, 3.8) is 0 Å². The lowest BCUT2D eigenvalue weighted by Gasteiger charge is -2.10. The first kappa shape index (κ1) is 13.7. The first-order valence-corrected chi connectivity index (χ1v) is 7.11. The Kier molecular flexibility index (Phi) is 4.93. The van der Waals surface area contributed by atoms with E-state index in [1.165, 1.54) is 0 Å². The van der Waals surface area contributed by atoms with Crippen LogP contribution >= 0.6 is 39.1 Å². The molecule has 0 saturated carbocycles. The molecule has 4 heteroatoms. The van der Waals surface area contributed by atoms with E-state index >= 15 is 0 Å². The Hall–Kier alpha value is -0.700. The van der Waals surface area contributed by atoms with E-state index < -0.39 is 0 Å². The summed E-state index contributed by atoms with van der Waals surface area (Å²) in [6.45, 7) is 0.503. The van der Waals surface area contributed by atoms with Crippen LogP contribution in [0.2, 0.25) is 5.02 Å². The molecule has 1 nitrogen and oxygen atoms in total. The van der Waals surface area contributed by atoms with Crippen LogP contribution in [0.1, 0.15) is 11.1 Å². The van der Waals surface area contributed by atoms with Crippen LogP contribution in [0, 0.1) is 0 Å². The van der Waals surface area contributed by atoms with Gasteiger partial charge >= 0.3 is 0 Å². The molecular formula is C14H11BrCl2O. The molecular weight excluding hydrogens is 335 g/mol. The highest BCUT2D eigenvalue weighted by Gasteiger charge is 2.04. The van der Waals surface area contributed by atoms with Gasteiger partial charge in [0.05, 0.1) is 5.88 Å². The molecule has 0 aliphatic rings. The van der Waals surface area contributed by atoms with Gasteiger partial charge in [-0.15, -0.1) is 11.6 Å². The molecule has 0 radical (unpaired) electrons. The molecule has 0 aliphatic heterocycles. The third-order valence-corrected chi connectivity index (χ3v) is 3.51. The zero-order valence-corrected chi connectivity index (χ0v) is 12.6. The minimum atomic E-state index is 0.426. The van der Waals surface area contributed by atoms with Gasteiger partial charge in [-0.25, -0.2) is 0 Å². The minimum absolute atomic E-state index is 0.426. The largest absolute Gasteiger partial charge is 0.489 e. The van der Waals surface area contributed by atoms with E-state index in [0.717, 1.165) is 26.4 Å². The lowest BCUT2D eigenvalue weighted by atomic mass is 10.2. The molecule has 0 spiro atoms. The molecule has 2 aromatic carbocycles. The third-order valence-electron chi connectivity index (χ3n) is 2.47. The molecule has 0 heterocycles. The van der Waals surface area contributed by atoms with E-state index in [0.29, 0.717) is 12.5 Å². The number of benzene rings is 2. The van der Waals surface area contributed by atoms with Crippen LogP contribution in [0.25, 0.3) is 0 Å². The zero-order chi connectivity index (χ0) is 13.0. The Morgan fingerprint density at radius 2 is 1.78 bits per heavy atom. The maximum absolute atomic E-state index is 5.89. The van der Waals surface area contributed by atoms with E-state index in [2.05, 4.69) is 15.9 Å². The Bertz CT molecular complexity index is 526. The van der Waals surface area contributed by atoms with E-state index in [1.807, 2.05) is 42.5 Å². The summed E-state index contributed by atoms with van der Waals surface area (Å²) in [4.78, 5) is 0. The number of ether oxygens (including phenoxy) is 1. The number of rotatable bonds is 4. The number of hydrogen-bond donors (Lipinski definition) is 0. The topological polar surface area (TPSA) is 9.23 Å². The predicted octanol–water partition coefficient (Wildman–Crippen LogP) is 5.42. The summed E-state index contributed by atoms with van der Waals surface area (Å²) >= 11 is 15.1. The number of halogens is 3. The minimum Gasteiger partial charge on any atom is -0.489 e. The van der Waals surface area contributed by atoms with Crippen LogP contribution in [0.4, 0.5) is 0 Å². The van der Waals surface area contributed by atoms with Crippen molar-refractivity contribution in [1.29, 1.82) is 0 Å². The van der Waals surface area contributed by atoms with E-state index in [9.17, 15) is 0 Å². The van der Waals surface area contributed by atoms with Gasteiger partial charge in [0, 0.05) is 15.1 Å². The molecule has 2 aromatic rings. The van der Waals surface area contributed by atoms with Crippen LogP contribution in [-0.2, 0) is 12.5 Å². The van der Waals surface area contributed by atoms with Crippen molar-refractivity contribution in [2.24, 2.45) is 0 Å². The van der Waals surface area contributed by atoms with Gasteiger partial charge in [-0.3, -0.25) is 0 Å². The van der Waals surface area contributed by atoms with Gasteiger partial charge in [-0.1, -0.05) is 39.7 Å². The Labute approximate surface area is 125 Å². The number of alkyl halides is 1. The van der Waals surface area contributed by atoms with Crippen molar-refractivity contribution in [2.75, 3.05) is 0 Å². The van der Waals surface area contributed by atoms with E-state index in [-0.39, 0.29) is 0 Å². The highest BCUT2D eigenvalue weighted by atomic mass is 79.9. The molecule has 0 amide bonds. The van der Waals surface area contributed by atoms with Crippen molar-refractivity contribution in [1.82, 2.24) is 0 Å². The van der Waals surface area contributed by atoms with Crippen LogP contribution in [0.15, 0.2) is 46.9 Å². The zero-order valence-electron chi connectivity index (χ0n) is 9.50. The summed E-state index contributed by atoms with van der Waals surface area (Å²) in [6, 6.07) is 13.4. The second kappa shape index (κ2) is 6.46. The van der Waals surface area contributed by atoms with Gasteiger partial charge in [0.2, 0.25) is 0 Å². The molecule has 0 fully saturated rings. The molecule has 0 saturated heterocycles. The van der Waals surface area contributed by atoms with Crippen molar-refractivity contribution in [3.8, 4) is 5.75 Å². The first-order valence-electron chi connectivity index (χ1n) is 5.40. The molecule has 94 valence electrons. The van der Waals surface area contributed by atoms with Crippen molar-refractivity contribution < 1.29 is 4.74 Å². The lowest BCUT2D eigenvalue weighted by Crippen LogP contribution is -1.97. The monoisotopic (exact) mass is 344 g/mol. The quantitative estimate of drug-likeness (QED) is 0.672. The third kappa shape index (κ3) is 3.64. The van der Waals surface area contributed by atoms with Gasteiger partial charge in [0.15, 0.2) is 0 Å². The van der Waals surface area contributed by atoms with E-state index in [1.54, 1.807) is 0 Å². The fourth-order valence-electron chi connectivity index (χ4n) is 1.53. The maximum Gasteiger partial charge on any atom is 0.124 e. The summed E-state index contributed by atoms with van der Waals surface area (Å²) in [5.74, 6) is 1.23. The van der Waals surface area contributed by atoms with Gasteiger partial charge in [0.25, 0.3) is 0 Å². The van der Waals surface area contributed by atoms with Crippen LogP contribution in [0.3, 0.4) is 0 Å². The van der Waals surface area contributed by atoms with Crippen molar-refractivity contribution in [3.05, 3.63) is 63.1 Å². The molecule has 18 heavy (non-hydrogen) atoms. The highest BCUT2D eigenvalue weighted by molar-refractivity contribution is 9.10. The average molecular weight is 346 g/mol. The fraction of sp³-hybridized carbons (Fsp3) is 0.143. The van der Waals surface area contributed by atoms with Crippen LogP contribution in [0.5, 0.6) is 5.75 Å². The number of hydrogen-bond acceptors (Lipinski definition) is 1. The van der Waals surface area contributed by atoms with E-state index in [4.69, 9.17) is 27.9 Å². The fourth-order valence-corrected chi connectivity index (χ4v) is 2.28. The Morgan fingerprint density at radius 3 is 2.44 bits per heavy atom. The Balaban J connectivity index is 2.08. The molecule has 0 N–H and O–H groups in total.